The Hall–Kier alpha value is -1.77. The van der Waals surface area contributed by atoms with Gasteiger partial charge < -0.3 is 10.1 Å². The molecule has 2 atom stereocenters. The van der Waals surface area contributed by atoms with Gasteiger partial charge in [-0.25, -0.2) is 0 Å². The van der Waals surface area contributed by atoms with E-state index >= 15 is 0 Å². The molecule has 20 heavy (non-hydrogen) atoms. The fourth-order valence-corrected chi connectivity index (χ4v) is 3.64. The lowest BCUT2D eigenvalue weighted by Gasteiger charge is -2.16. The van der Waals surface area contributed by atoms with E-state index in [1.54, 1.807) is 7.11 Å². The van der Waals surface area contributed by atoms with Crippen molar-refractivity contribution in [3.05, 3.63) is 35.5 Å². The molecule has 2 aliphatic rings. The molecule has 2 saturated carbocycles. The van der Waals surface area contributed by atoms with Crippen molar-refractivity contribution >= 4 is 11.5 Å². The number of para-hydroxylation sites is 2. The summed E-state index contributed by atoms with van der Waals surface area (Å²) in [5.74, 6) is 2.07. The van der Waals surface area contributed by atoms with Gasteiger partial charge in [0.1, 0.15) is 5.75 Å². The lowest BCUT2D eigenvalue weighted by atomic mass is 9.95. The summed E-state index contributed by atoms with van der Waals surface area (Å²) in [6, 6.07) is 7.79. The number of hydrogen-bond acceptors (Lipinski definition) is 3. The number of ketones is 1. The summed E-state index contributed by atoms with van der Waals surface area (Å²) in [5.41, 5.74) is 3.16. The van der Waals surface area contributed by atoms with Crippen LogP contribution < -0.4 is 10.1 Å². The molecule has 106 valence electrons. The SMILES string of the molecule is COc1ccccc1N/C(C)=C1/C(=O)C[C@H]2[C@@H]1C2(C)C. The van der Waals surface area contributed by atoms with Crippen LogP contribution in [0.25, 0.3) is 0 Å². The van der Waals surface area contributed by atoms with Crippen LogP contribution in [0.5, 0.6) is 5.75 Å². The number of carbonyl (C=O) groups is 1. The summed E-state index contributed by atoms with van der Waals surface area (Å²) < 4.78 is 5.34. The Morgan fingerprint density at radius 1 is 1.35 bits per heavy atom. The predicted octanol–water partition coefficient (Wildman–Crippen LogP) is 3.63. The minimum absolute atomic E-state index is 0.285. The minimum atomic E-state index is 0.285. The molecular weight excluding hydrogens is 250 g/mol. The number of fused-ring (bicyclic) bond motifs is 1. The summed E-state index contributed by atoms with van der Waals surface area (Å²) in [5, 5.41) is 3.36. The number of rotatable bonds is 3. The molecule has 0 amide bonds. The molecule has 1 N–H and O–H groups in total. The Morgan fingerprint density at radius 3 is 2.70 bits per heavy atom. The van der Waals surface area contributed by atoms with Crippen LogP contribution >= 0.6 is 0 Å². The third-order valence-corrected chi connectivity index (χ3v) is 4.90. The average molecular weight is 271 g/mol. The zero-order valence-electron chi connectivity index (χ0n) is 12.5. The molecule has 0 unspecified atom stereocenters. The highest BCUT2D eigenvalue weighted by atomic mass is 16.5. The maximum Gasteiger partial charge on any atom is 0.161 e. The van der Waals surface area contributed by atoms with Gasteiger partial charge in [-0.3, -0.25) is 4.79 Å². The Labute approximate surface area is 120 Å². The summed E-state index contributed by atoms with van der Waals surface area (Å²) in [6.07, 6.45) is 0.706. The number of nitrogens with one attached hydrogen (secondary N) is 1. The fourth-order valence-electron chi connectivity index (χ4n) is 3.64. The molecule has 2 aliphatic carbocycles. The van der Waals surface area contributed by atoms with E-state index in [1.165, 1.54) is 0 Å². The number of ether oxygens (including phenoxy) is 1. The molecule has 3 nitrogen and oxygen atoms in total. The first kappa shape index (κ1) is 13.2. The molecule has 0 heterocycles. The van der Waals surface area contributed by atoms with Crippen molar-refractivity contribution in [1.82, 2.24) is 0 Å². The molecule has 3 rings (SSSR count). The maximum atomic E-state index is 12.2. The van der Waals surface area contributed by atoms with Gasteiger partial charge in [-0.2, -0.15) is 0 Å². The van der Waals surface area contributed by atoms with Crippen LogP contribution in [0.3, 0.4) is 0 Å². The molecule has 0 radical (unpaired) electrons. The van der Waals surface area contributed by atoms with Gasteiger partial charge in [0.05, 0.1) is 12.8 Å². The van der Waals surface area contributed by atoms with Gasteiger partial charge >= 0.3 is 0 Å². The molecule has 0 aromatic heterocycles. The topological polar surface area (TPSA) is 38.3 Å². The zero-order valence-corrected chi connectivity index (χ0v) is 12.5. The van der Waals surface area contributed by atoms with E-state index in [0.29, 0.717) is 24.0 Å². The molecule has 0 spiro atoms. The number of carbonyl (C=O) groups excluding carboxylic acids is 1. The molecule has 0 saturated heterocycles. The van der Waals surface area contributed by atoms with Crippen LogP contribution in [-0.4, -0.2) is 12.9 Å². The van der Waals surface area contributed by atoms with Crippen LogP contribution in [0.4, 0.5) is 5.69 Å². The minimum Gasteiger partial charge on any atom is -0.495 e. The fraction of sp³-hybridized carbons (Fsp3) is 0.471. The molecule has 1 aromatic carbocycles. The quantitative estimate of drug-likeness (QED) is 0.853. The van der Waals surface area contributed by atoms with Crippen molar-refractivity contribution in [1.29, 1.82) is 0 Å². The van der Waals surface area contributed by atoms with Gasteiger partial charge in [0.15, 0.2) is 5.78 Å². The number of allylic oxidation sites excluding steroid dienone is 2. The van der Waals surface area contributed by atoms with E-state index in [4.69, 9.17) is 4.74 Å². The molecule has 3 heteroatoms. The molecule has 0 aliphatic heterocycles. The van der Waals surface area contributed by atoms with Crippen molar-refractivity contribution < 1.29 is 9.53 Å². The number of Topliss-reactive ketones (excluding diaryl/α,β-unsaturated/α-hetero) is 1. The smallest absolute Gasteiger partial charge is 0.161 e. The van der Waals surface area contributed by atoms with E-state index in [0.717, 1.165) is 22.7 Å². The molecule has 0 bridgehead atoms. The number of benzene rings is 1. The number of anilines is 1. The zero-order chi connectivity index (χ0) is 14.5. The van der Waals surface area contributed by atoms with Crippen LogP contribution in [0.1, 0.15) is 27.2 Å². The Bertz CT molecular complexity index is 601. The standard InChI is InChI=1S/C17H21NO2/c1-10(18-12-7-5-6-8-14(12)20-4)15-13(19)9-11-16(15)17(11,2)3/h5-8,11,16,18H,9H2,1-4H3/b15-10-/t11-,16-/m0/s1. The predicted molar refractivity (Wildman–Crippen MR) is 79.7 cm³/mol. The van der Waals surface area contributed by atoms with Gasteiger partial charge in [-0.1, -0.05) is 26.0 Å². The second-order valence-corrected chi connectivity index (χ2v) is 6.40. The highest BCUT2D eigenvalue weighted by Crippen LogP contribution is 2.68. The van der Waals surface area contributed by atoms with Crippen LogP contribution in [0.2, 0.25) is 0 Å². The number of hydrogen-bond donors (Lipinski definition) is 1. The van der Waals surface area contributed by atoms with Crippen molar-refractivity contribution in [3.8, 4) is 5.75 Å². The summed E-state index contributed by atoms with van der Waals surface area (Å²) in [4.78, 5) is 12.2. The molecule has 2 fully saturated rings. The van der Waals surface area contributed by atoms with E-state index in [-0.39, 0.29) is 5.41 Å². The van der Waals surface area contributed by atoms with Crippen molar-refractivity contribution in [3.63, 3.8) is 0 Å². The third kappa shape index (κ3) is 1.84. The second-order valence-electron chi connectivity index (χ2n) is 6.40. The van der Waals surface area contributed by atoms with Gasteiger partial charge in [0.2, 0.25) is 0 Å². The second kappa shape index (κ2) is 4.37. The van der Waals surface area contributed by atoms with E-state index in [1.807, 2.05) is 31.2 Å². The molecular formula is C17H21NO2. The Balaban J connectivity index is 1.91. The summed E-state index contributed by atoms with van der Waals surface area (Å²) in [6.45, 7) is 6.51. The van der Waals surface area contributed by atoms with Crippen molar-refractivity contribution in [2.75, 3.05) is 12.4 Å². The number of methoxy groups -OCH3 is 1. The first-order valence-corrected chi connectivity index (χ1v) is 7.11. The van der Waals surface area contributed by atoms with Crippen molar-refractivity contribution in [2.45, 2.75) is 27.2 Å². The highest BCUT2D eigenvalue weighted by molar-refractivity contribution is 6.01. The average Bonchev–Trinajstić information content (AvgIpc) is 2.78. The van der Waals surface area contributed by atoms with E-state index in [2.05, 4.69) is 19.2 Å². The first-order valence-electron chi connectivity index (χ1n) is 7.11. The van der Waals surface area contributed by atoms with Crippen molar-refractivity contribution in [2.24, 2.45) is 17.3 Å². The third-order valence-electron chi connectivity index (χ3n) is 4.90. The van der Waals surface area contributed by atoms with Gasteiger partial charge in [0.25, 0.3) is 0 Å². The summed E-state index contributed by atoms with van der Waals surface area (Å²) >= 11 is 0. The van der Waals surface area contributed by atoms with E-state index < -0.39 is 0 Å². The highest BCUT2D eigenvalue weighted by Gasteiger charge is 2.65. The Kier molecular flexibility index (Phi) is 2.89. The lowest BCUT2D eigenvalue weighted by Crippen LogP contribution is -2.12. The molecule has 1 aromatic rings. The largest absolute Gasteiger partial charge is 0.495 e. The van der Waals surface area contributed by atoms with E-state index in [9.17, 15) is 4.79 Å². The summed E-state index contributed by atoms with van der Waals surface area (Å²) in [7, 11) is 1.66. The monoisotopic (exact) mass is 271 g/mol. The van der Waals surface area contributed by atoms with Crippen LogP contribution in [0.15, 0.2) is 35.5 Å². The Morgan fingerprint density at radius 2 is 2.05 bits per heavy atom. The van der Waals surface area contributed by atoms with Crippen LogP contribution in [-0.2, 0) is 4.79 Å². The maximum absolute atomic E-state index is 12.2. The van der Waals surface area contributed by atoms with Gasteiger partial charge in [-0.05, 0) is 36.3 Å². The normalized spacial score (nSPS) is 28.9. The van der Waals surface area contributed by atoms with Gasteiger partial charge in [-0.15, -0.1) is 0 Å². The van der Waals surface area contributed by atoms with Crippen LogP contribution in [0, 0.1) is 17.3 Å². The van der Waals surface area contributed by atoms with Gasteiger partial charge in [0, 0.05) is 17.7 Å². The first-order chi connectivity index (χ1) is 9.46. The lowest BCUT2D eigenvalue weighted by molar-refractivity contribution is -0.115.